The van der Waals surface area contributed by atoms with Crippen LogP contribution < -0.4 is 5.32 Å². The Morgan fingerprint density at radius 1 is 1.22 bits per heavy atom. The standard InChI is InChI=1S/C21H33ClN4O/c1-3-23-20(25(2)16-18-6-8-19(22)9-7-18)24-17-21(10-14-27-15-11-21)26-12-4-5-13-26/h6-9H,3-5,10-17H2,1-2H3,(H,23,24). The maximum atomic E-state index is 6.01. The van der Waals surface area contributed by atoms with Crippen LogP contribution in [0.3, 0.4) is 0 Å². The molecular formula is C21H33ClN4O. The summed E-state index contributed by atoms with van der Waals surface area (Å²) < 4.78 is 5.66. The molecule has 27 heavy (non-hydrogen) atoms. The molecule has 0 aliphatic carbocycles. The van der Waals surface area contributed by atoms with Crippen LogP contribution in [0.25, 0.3) is 0 Å². The Kier molecular flexibility index (Phi) is 7.39. The third kappa shape index (κ3) is 5.37. The second kappa shape index (κ2) is 9.76. The summed E-state index contributed by atoms with van der Waals surface area (Å²) in [6.45, 7) is 8.73. The molecule has 0 unspecified atom stereocenters. The SMILES string of the molecule is CCNC(=NCC1(N2CCCC2)CCOCC1)N(C)Cc1ccc(Cl)cc1. The zero-order valence-electron chi connectivity index (χ0n) is 16.7. The number of hydrogen-bond acceptors (Lipinski definition) is 3. The molecule has 0 radical (unpaired) electrons. The van der Waals surface area contributed by atoms with Crippen molar-refractivity contribution in [1.82, 2.24) is 15.1 Å². The van der Waals surface area contributed by atoms with Crippen LogP contribution in [-0.2, 0) is 11.3 Å². The second-order valence-electron chi connectivity index (χ2n) is 7.68. The number of guanidine groups is 1. The fourth-order valence-corrected chi connectivity index (χ4v) is 4.27. The summed E-state index contributed by atoms with van der Waals surface area (Å²) in [7, 11) is 2.10. The Morgan fingerprint density at radius 3 is 2.52 bits per heavy atom. The minimum Gasteiger partial charge on any atom is -0.381 e. The average Bonchev–Trinajstić information content (AvgIpc) is 3.23. The highest BCUT2D eigenvalue weighted by molar-refractivity contribution is 6.30. The quantitative estimate of drug-likeness (QED) is 0.595. The summed E-state index contributed by atoms with van der Waals surface area (Å²) >= 11 is 6.01. The van der Waals surface area contributed by atoms with Crippen molar-refractivity contribution in [2.75, 3.05) is 46.4 Å². The molecule has 0 bridgehead atoms. The van der Waals surface area contributed by atoms with Gasteiger partial charge in [0.25, 0.3) is 0 Å². The number of nitrogens with zero attached hydrogens (tertiary/aromatic N) is 3. The van der Waals surface area contributed by atoms with Crippen LogP contribution in [-0.4, -0.2) is 67.7 Å². The summed E-state index contributed by atoms with van der Waals surface area (Å²) in [5.41, 5.74) is 1.39. The smallest absolute Gasteiger partial charge is 0.194 e. The fourth-order valence-electron chi connectivity index (χ4n) is 4.15. The molecule has 6 heteroatoms. The van der Waals surface area contributed by atoms with Crippen LogP contribution in [0.2, 0.25) is 5.02 Å². The molecule has 1 aromatic rings. The van der Waals surface area contributed by atoms with E-state index in [9.17, 15) is 0 Å². The largest absolute Gasteiger partial charge is 0.381 e. The van der Waals surface area contributed by atoms with Crippen molar-refractivity contribution < 1.29 is 4.74 Å². The van der Waals surface area contributed by atoms with E-state index in [1.54, 1.807) is 0 Å². The van der Waals surface area contributed by atoms with Crippen molar-refractivity contribution in [1.29, 1.82) is 0 Å². The van der Waals surface area contributed by atoms with E-state index in [4.69, 9.17) is 21.3 Å². The summed E-state index contributed by atoms with van der Waals surface area (Å²) in [5, 5.41) is 4.23. The van der Waals surface area contributed by atoms with Gasteiger partial charge >= 0.3 is 0 Å². The molecule has 2 heterocycles. The number of ether oxygens (including phenoxy) is 1. The Bertz CT molecular complexity index is 607. The second-order valence-corrected chi connectivity index (χ2v) is 8.12. The molecule has 0 spiro atoms. The third-order valence-corrected chi connectivity index (χ3v) is 6.00. The topological polar surface area (TPSA) is 40.1 Å². The molecule has 1 aromatic carbocycles. The van der Waals surface area contributed by atoms with Crippen molar-refractivity contribution >= 4 is 17.6 Å². The average molecular weight is 393 g/mol. The van der Waals surface area contributed by atoms with E-state index in [-0.39, 0.29) is 5.54 Å². The number of benzene rings is 1. The van der Waals surface area contributed by atoms with Crippen molar-refractivity contribution in [3.63, 3.8) is 0 Å². The van der Waals surface area contributed by atoms with Gasteiger partial charge in [-0.05, 0) is 63.4 Å². The third-order valence-electron chi connectivity index (χ3n) is 5.75. The zero-order valence-corrected chi connectivity index (χ0v) is 17.5. The lowest BCUT2D eigenvalue weighted by Gasteiger charge is -2.43. The van der Waals surface area contributed by atoms with Gasteiger partial charge in [0.05, 0.1) is 6.54 Å². The van der Waals surface area contributed by atoms with Crippen molar-refractivity contribution in [2.24, 2.45) is 4.99 Å². The van der Waals surface area contributed by atoms with E-state index in [0.29, 0.717) is 0 Å². The molecule has 5 nitrogen and oxygen atoms in total. The Balaban J connectivity index is 1.71. The number of aliphatic imine (C=N–C) groups is 1. The van der Waals surface area contributed by atoms with E-state index < -0.39 is 0 Å². The fraction of sp³-hybridized carbons (Fsp3) is 0.667. The summed E-state index contributed by atoms with van der Waals surface area (Å²) in [5.74, 6) is 0.970. The van der Waals surface area contributed by atoms with E-state index >= 15 is 0 Å². The monoisotopic (exact) mass is 392 g/mol. The number of likely N-dealkylation sites (tertiary alicyclic amines) is 1. The highest BCUT2D eigenvalue weighted by Gasteiger charge is 2.39. The summed E-state index contributed by atoms with van der Waals surface area (Å²) in [6.07, 6.45) is 4.78. The Morgan fingerprint density at radius 2 is 1.89 bits per heavy atom. The molecule has 0 aromatic heterocycles. The Hall–Kier alpha value is -1.30. The van der Waals surface area contributed by atoms with Crippen molar-refractivity contribution in [3.05, 3.63) is 34.9 Å². The maximum Gasteiger partial charge on any atom is 0.194 e. The number of rotatable bonds is 6. The van der Waals surface area contributed by atoms with Crippen molar-refractivity contribution in [3.8, 4) is 0 Å². The normalized spacial score (nSPS) is 20.6. The van der Waals surface area contributed by atoms with Gasteiger partial charge in [0, 0.05) is 43.9 Å². The van der Waals surface area contributed by atoms with Crippen molar-refractivity contribution in [2.45, 2.75) is 44.7 Å². The van der Waals surface area contributed by atoms with Crippen LogP contribution in [0.15, 0.2) is 29.3 Å². The lowest BCUT2D eigenvalue weighted by molar-refractivity contribution is -0.0139. The first-order valence-corrected chi connectivity index (χ1v) is 10.6. The molecule has 1 N–H and O–H groups in total. The Labute approximate surface area is 168 Å². The van der Waals surface area contributed by atoms with Crippen LogP contribution >= 0.6 is 11.6 Å². The lowest BCUT2D eigenvalue weighted by Crippen LogP contribution is -2.54. The molecule has 0 atom stereocenters. The predicted octanol–water partition coefficient (Wildman–Crippen LogP) is 3.38. The first-order chi connectivity index (χ1) is 13.1. The van der Waals surface area contributed by atoms with Gasteiger partial charge in [-0.2, -0.15) is 0 Å². The van der Waals surface area contributed by atoms with E-state index in [2.05, 4.69) is 41.2 Å². The predicted molar refractivity (Wildman–Crippen MR) is 112 cm³/mol. The summed E-state index contributed by atoms with van der Waals surface area (Å²) in [6, 6.07) is 8.04. The van der Waals surface area contributed by atoms with E-state index in [0.717, 1.165) is 56.7 Å². The molecule has 2 aliphatic rings. The summed E-state index contributed by atoms with van der Waals surface area (Å²) in [4.78, 5) is 9.94. The first-order valence-electron chi connectivity index (χ1n) is 10.2. The van der Waals surface area contributed by atoms with Gasteiger partial charge < -0.3 is 15.0 Å². The molecule has 0 amide bonds. The number of halogens is 1. The van der Waals surface area contributed by atoms with Crippen LogP contribution in [0, 0.1) is 0 Å². The highest BCUT2D eigenvalue weighted by atomic mass is 35.5. The molecule has 150 valence electrons. The van der Waals surface area contributed by atoms with E-state index in [1.165, 1.54) is 31.5 Å². The zero-order chi connectivity index (χ0) is 19.1. The number of nitrogens with one attached hydrogen (secondary N) is 1. The minimum atomic E-state index is 0.163. The molecule has 2 fully saturated rings. The maximum absolute atomic E-state index is 6.01. The molecule has 2 aliphatic heterocycles. The van der Waals surface area contributed by atoms with Crippen LogP contribution in [0.4, 0.5) is 0 Å². The lowest BCUT2D eigenvalue weighted by atomic mass is 9.88. The molecule has 2 saturated heterocycles. The highest BCUT2D eigenvalue weighted by Crippen LogP contribution is 2.31. The van der Waals surface area contributed by atoms with Crippen LogP contribution in [0.1, 0.15) is 38.2 Å². The number of hydrogen-bond donors (Lipinski definition) is 1. The first kappa shape index (κ1) is 20.4. The van der Waals surface area contributed by atoms with E-state index in [1.807, 2.05) is 12.1 Å². The van der Waals surface area contributed by atoms with Gasteiger partial charge in [0.1, 0.15) is 0 Å². The van der Waals surface area contributed by atoms with Gasteiger partial charge in [-0.15, -0.1) is 0 Å². The van der Waals surface area contributed by atoms with Gasteiger partial charge in [-0.25, -0.2) is 0 Å². The van der Waals surface area contributed by atoms with Gasteiger partial charge in [0.2, 0.25) is 0 Å². The van der Waals surface area contributed by atoms with Gasteiger partial charge in [-0.1, -0.05) is 23.7 Å². The molecule has 0 saturated carbocycles. The van der Waals surface area contributed by atoms with Gasteiger partial charge in [-0.3, -0.25) is 9.89 Å². The van der Waals surface area contributed by atoms with Gasteiger partial charge in [0.15, 0.2) is 5.96 Å². The minimum absolute atomic E-state index is 0.163. The van der Waals surface area contributed by atoms with Crippen LogP contribution in [0.5, 0.6) is 0 Å². The molecular weight excluding hydrogens is 360 g/mol. The molecule has 3 rings (SSSR count).